The first kappa shape index (κ1) is 15.9. The number of carbonyl (C=O) groups is 1. The first-order valence-electron chi connectivity index (χ1n) is 6.50. The molecule has 1 aliphatic heterocycles. The number of rotatable bonds is 3. The number of H-pyrrole nitrogens is 1. The average molecular weight is 325 g/mol. The van der Waals surface area contributed by atoms with Gasteiger partial charge in [-0.15, -0.1) is 24.2 Å². The Bertz CT molecular complexity index is 644. The number of halogens is 1. The predicted octanol–water partition coefficient (Wildman–Crippen LogP) is 2.45. The van der Waals surface area contributed by atoms with Gasteiger partial charge in [0.2, 0.25) is 0 Å². The van der Waals surface area contributed by atoms with Crippen molar-refractivity contribution in [2.45, 2.75) is 17.9 Å². The fourth-order valence-corrected chi connectivity index (χ4v) is 2.76. The Hall–Kier alpha value is -1.50. The topological polar surface area (TPSA) is 69.8 Å². The van der Waals surface area contributed by atoms with Crippen LogP contribution >= 0.6 is 24.2 Å². The van der Waals surface area contributed by atoms with Crippen LogP contribution in [-0.4, -0.2) is 28.9 Å². The molecule has 3 N–H and O–H groups in total. The molecule has 2 aromatic rings. The molecule has 0 atom stereocenters. The molecule has 0 saturated heterocycles. The Morgan fingerprint density at radius 2 is 2.29 bits per heavy atom. The number of fused-ring (bicyclic) bond motifs is 1. The van der Waals surface area contributed by atoms with Crippen molar-refractivity contribution in [3.05, 3.63) is 41.2 Å². The minimum Gasteiger partial charge on any atom is -0.321 e. The summed E-state index contributed by atoms with van der Waals surface area (Å²) >= 11 is 1.65. The van der Waals surface area contributed by atoms with Crippen LogP contribution < -0.4 is 10.6 Å². The van der Waals surface area contributed by atoms with Gasteiger partial charge in [-0.25, -0.2) is 0 Å². The van der Waals surface area contributed by atoms with Crippen LogP contribution in [0.4, 0.5) is 5.69 Å². The van der Waals surface area contributed by atoms with Crippen molar-refractivity contribution < 1.29 is 4.79 Å². The summed E-state index contributed by atoms with van der Waals surface area (Å²) in [4.78, 5) is 13.4. The lowest BCUT2D eigenvalue weighted by Gasteiger charge is -2.13. The summed E-state index contributed by atoms with van der Waals surface area (Å²) in [6, 6.07) is 7.79. The maximum absolute atomic E-state index is 12.3. The fourth-order valence-electron chi connectivity index (χ4n) is 2.30. The Balaban J connectivity index is 0.00000161. The van der Waals surface area contributed by atoms with E-state index < -0.39 is 0 Å². The van der Waals surface area contributed by atoms with Gasteiger partial charge in [-0.1, -0.05) is 6.07 Å². The summed E-state index contributed by atoms with van der Waals surface area (Å²) in [5, 5.41) is 13.3. The quantitative estimate of drug-likeness (QED) is 0.759. The van der Waals surface area contributed by atoms with E-state index in [1.54, 1.807) is 11.8 Å². The highest BCUT2D eigenvalue weighted by molar-refractivity contribution is 7.98. The van der Waals surface area contributed by atoms with E-state index in [1.807, 2.05) is 30.5 Å². The molecule has 2 heterocycles. The molecule has 5 nitrogen and oxygen atoms in total. The highest BCUT2D eigenvalue weighted by Crippen LogP contribution is 2.21. The molecular weight excluding hydrogens is 308 g/mol. The second-order valence-electron chi connectivity index (χ2n) is 4.64. The van der Waals surface area contributed by atoms with Gasteiger partial charge < -0.3 is 10.6 Å². The molecule has 112 valence electrons. The molecular formula is C14H17ClN4OS. The minimum atomic E-state index is -0.163. The van der Waals surface area contributed by atoms with Crippen LogP contribution in [0.3, 0.4) is 0 Å². The Kier molecular flexibility index (Phi) is 5.27. The van der Waals surface area contributed by atoms with Crippen LogP contribution in [0.15, 0.2) is 29.2 Å². The zero-order valence-corrected chi connectivity index (χ0v) is 13.2. The molecule has 0 aliphatic carbocycles. The lowest BCUT2D eigenvalue weighted by molar-refractivity contribution is 0.102. The predicted molar refractivity (Wildman–Crippen MR) is 87.4 cm³/mol. The summed E-state index contributed by atoms with van der Waals surface area (Å²) in [6.45, 7) is 1.62. The first-order chi connectivity index (χ1) is 9.78. The molecule has 1 aliphatic rings. The summed E-state index contributed by atoms with van der Waals surface area (Å²) in [7, 11) is 0. The molecule has 0 radical (unpaired) electrons. The lowest BCUT2D eigenvalue weighted by atomic mass is 10.1. The largest absolute Gasteiger partial charge is 0.321 e. The molecule has 1 amide bonds. The molecule has 0 unspecified atom stereocenters. The van der Waals surface area contributed by atoms with Crippen molar-refractivity contribution in [3.63, 3.8) is 0 Å². The highest BCUT2D eigenvalue weighted by Gasteiger charge is 2.21. The molecule has 1 aromatic carbocycles. The summed E-state index contributed by atoms with van der Waals surface area (Å²) < 4.78 is 0. The van der Waals surface area contributed by atoms with Gasteiger partial charge in [-0.2, -0.15) is 5.10 Å². The van der Waals surface area contributed by atoms with Gasteiger partial charge in [-0.05, 0) is 24.5 Å². The smallest absolute Gasteiger partial charge is 0.276 e. The summed E-state index contributed by atoms with van der Waals surface area (Å²) in [5.41, 5.74) is 3.32. The third-order valence-corrected chi connectivity index (χ3v) is 4.07. The van der Waals surface area contributed by atoms with Gasteiger partial charge in [0.05, 0.1) is 0 Å². The number of nitrogens with one attached hydrogen (secondary N) is 3. The summed E-state index contributed by atoms with van der Waals surface area (Å²) in [6.07, 6.45) is 2.90. The number of anilines is 1. The average Bonchev–Trinajstić information content (AvgIpc) is 2.91. The van der Waals surface area contributed by atoms with E-state index in [0.29, 0.717) is 12.2 Å². The molecule has 0 spiro atoms. The second-order valence-corrected chi connectivity index (χ2v) is 5.52. The molecule has 3 rings (SSSR count). The van der Waals surface area contributed by atoms with Crippen molar-refractivity contribution in [1.82, 2.24) is 15.5 Å². The molecule has 0 saturated carbocycles. The molecule has 7 heteroatoms. The fraction of sp³-hybridized carbons (Fsp3) is 0.286. The van der Waals surface area contributed by atoms with Gasteiger partial charge >= 0.3 is 0 Å². The lowest BCUT2D eigenvalue weighted by Crippen LogP contribution is -2.25. The van der Waals surface area contributed by atoms with E-state index in [2.05, 4.69) is 20.8 Å². The zero-order valence-electron chi connectivity index (χ0n) is 11.6. The van der Waals surface area contributed by atoms with Crippen molar-refractivity contribution >= 4 is 35.8 Å². The number of nitrogens with zero attached hydrogens (tertiary/aromatic N) is 1. The van der Waals surface area contributed by atoms with Crippen LogP contribution in [0, 0.1) is 0 Å². The van der Waals surface area contributed by atoms with Crippen LogP contribution in [0.2, 0.25) is 0 Å². The molecule has 21 heavy (non-hydrogen) atoms. The summed E-state index contributed by atoms with van der Waals surface area (Å²) in [5.74, 6) is -0.163. The van der Waals surface area contributed by atoms with Gasteiger partial charge in [0.1, 0.15) is 0 Å². The Morgan fingerprint density at radius 3 is 3.10 bits per heavy atom. The molecule has 1 aromatic heterocycles. The number of amides is 1. The third kappa shape index (κ3) is 3.40. The Labute approximate surface area is 133 Å². The number of hydrogen-bond donors (Lipinski definition) is 3. The normalized spacial score (nSPS) is 13.2. The van der Waals surface area contributed by atoms with Crippen molar-refractivity contribution in [1.29, 1.82) is 0 Å². The van der Waals surface area contributed by atoms with E-state index in [0.717, 1.165) is 34.8 Å². The van der Waals surface area contributed by atoms with E-state index in [-0.39, 0.29) is 18.3 Å². The van der Waals surface area contributed by atoms with Crippen LogP contribution in [-0.2, 0) is 13.0 Å². The van der Waals surface area contributed by atoms with E-state index in [1.165, 1.54) is 0 Å². The first-order valence-corrected chi connectivity index (χ1v) is 7.72. The maximum atomic E-state index is 12.3. The molecule has 0 bridgehead atoms. The minimum absolute atomic E-state index is 0. The van der Waals surface area contributed by atoms with Gasteiger partial charge in [0.15, 0.2) is 5.69 Å². The van der Waals surface area contributed by atoms with Gasteiger partial charge in [0, 0.05) is 41.4 Å². The number of benzene rings is 1. The zero-order chi connectivity index (χ0) is 13.9. The number of carbonyl (C=O) groups excluding carboxylic acids is 1. The number of hydrogen-bond acceptors (Lipinski definition) is 4. The second kappa shape index (κ2) is 6.98. The highest BCUT2D eigenvalue weighted by atomic mass is 35.5. The van der Waals surface area contributed by atoms with Crippen molar-refractivity contribution in [3.8, 4) is 0 Å². The van der Waals surface area contributed by atoms with E-state index in [9.17, 15) is 4.79 Å². The molecule has 0 fully saturated rings. The van der Waals surface area contributed by atoms with Gasteiger partial charge in [0.25, 0.3) is 5.91 Å². The van der Waals surface area contributed by atoms with Crippen LogP contribution in [0.25, 0.3) is 0 Å². The number of aromatic nitrogens is 2. The van der Waals surface area contributed by atoms with E-state index in [4.69, 9.17) is 0 Å². The maximum Gasteiger partial charge on any atom is 0.276 e. The standard InChI is InChI=1S/C14H16N4OS.ClH/c1-20-10-4-2-3-9(7-10)16-14(19)13-11-8-15-6-5-12(11)17-18-13;/h2-4,7,15H,5-6,8H2,1H3,(H,16,19)(H,17,18);1H. The SMILES string of the molecule is CSc1cccc(NC(=O)c2n[nH]c3c2CNCC3)c1.Cl. The van der Waals surface area contributed by atoms with Gasteiger partial charge in [-0.3, -0.25) is 9.89 Å². The van der Waals surface area contributed by atoms with E-state index >= 15 is 0 Å². The monoisotopic (exact) mass is 324 g/mol. The number of aromatic amines is 1. The number of thioether (sulfide) groups is 1. The van der Waals surface area contributed by atoms with Crippen molar-refractivity contribution in [2.75, 3.05) is 18.1 Å². The van der Waals surface area contributed by atoms with Crippen LogP contribution in [0.5, 0.6) is 0 Å². The van der Waals surface area contributed by atoms with Crippen LogP contribution in [0.1, 0.15) is 21.7 Å². The Morgan fingerprint density at radius 1 is 1.43 bits per heavy atom. The van der Waals surface area contributed by atoms with Crippen molar-refractivity contribution in [2.24, 2.45) is 0 Å². The third-order valence-electron chi connectivity index (χ3n) is 3.35.